The second kappa shape index (κ2) is 12.9. The van der Waals surface area contributed by atoms with E-state index < -0.39 is 0 Å². The minimum absolute atomic E-state index is 0. The fourth-order valence-corrected chi connectivity index (χ4v) is 2.83. The first kappa shape index (κ1) is 22.6. The van der Waals surface area contributed by atoms with E-state index in [4.69, 9.17) is 0 Å². The quantitative estimate of drug-likeness (QED) is 0.280. The predicted molar refractivity (Wildman–Crippen MR) is 116 cm³/mol. The van der Waals surface area contributed by atoms with Crippen molar-refractivity contribution in [1.82, 2.24) is 25.2 Å². The van der Waals surface area contributed by atoms with Gasteiger partial charge >= 0.3 is 0 Å². The van der Waals surface area contributed by atoms with Crippen molar-refractivity contribution in [3.8, 4) is 0 Å². The molecule has 0 saturated heterocycles. The second-order valence-electron chi connectivity index (χ2n) is 6.11. The van der Waals surface area contributed by atoms with Crippen LogP contribution in [0, 0.1) is 5.92 Å². The Labute approximate surface area is 172 Å². The molecule has 1 atom stereocenters. The van der Waals surface area contributed by atoms with E-state index in [1.54, 1.807) is 0 Å². The maximum atomic E-state index is 9.17. The molecule has 0 spiro atoms. The van der Waals surface area contributed by atoms with Gasteiger partial charge in [0.25, 0.3) is 0 Å². The van der Waals surface area contributed by atoms with Crippen LogP contribution >= 0.6 is 24.0 Å². The largest absolute Gasteiger partial charge is 0.396 e. The summed E-state index contributed by atoms with van der Waals surface area (Å²) < 4.78 is 2.00. The number of halogens is 1. The van der Waals surface area contributed by atoms with Crippen molar-refractivity contribution in [2.75, 3.05) is 26.2 Å². The number of aliphatic hydroxyl groups is 1. The molecule has 26 heavy (non-hydrogen) atoms. The number of aliphatic hydroxyl groups excluding tert-OH is 1. The summed E-state index contributed by atoms with van der Waals surface area (Å²) in [4.78, 5) is 4.67. The van der Waals surface area contributed by atoms with E-state index in [0.29, 0.717) is 5.92 Å². The molecule has 0 bridgehead atoms. The first-order valence-corrected chi connectivity index (χ1v) is 9.20. The Morgan fingerprint density at radius 2 is 2.08 bits per heavy atom. The zero-order valence-electron chi connectivity index (χ0n) is 15.7. The number of hydrogen-bond acceptors (Lipinski definition) is 4. The minimum atomic E-state index is 0. The van der Waals surface area contributed by atoms with Gasteiger partial charge in [-0.2, -0.15) is 0 Å². The van der Waals surface area contributed by atoms with E-state index in [1.165, 1.54) is 0 Å². The fraction of sp³-hybridized carbons (Fsp3) is 0.611. The Bertz CT molecular complexity index is 654. The van der Waals surface area contributed by atoms with Crippen LogP contribution in [0.15, 0.2) is 29.4 Å². The van der Waals surface area contributed by atoms with E-state index in [1.807, 2.05) is 28.8 Å². The van der Waals surface area contributed by atoms with Gasteiger partial charge in [0, 0.05) is 38.9 Å². The molecule has 2 aromatic heterocycles. The molecule has 146 valence electrons. The van der Waals surface area contributed by atoms with E-state index in [2.05, 4.69) is 39.7 Å². The molecule has 0 amide bonds. The van der Waals surface area contributed by atoms with Crippen LogP contribution in [0.25, 0.3) is 5.65 Å². The first-order chi connectivity index (χ1) is 12.3. The first-order valence-electron chi connectivity index (χ1n) is 9.20. The summed E-state index contributed by atoms with van der Waals surface area (Å²) in [7, 11) is 0. The lowest BCUT2D eigenvalue weighted by Crippen LogP contribution is -2.38. The summed E-state index contributed by atoms with van der Waals surface area (Å²) >= 11 is 0. The molecule has 2 aromatic rings. The van der Waals surface area contributed by atoms with Gasteiger partial charge < -0.3 is 15.7 Å². The maximum Gasteiger partial charge on any atom is 0.191 e. The molecule has 0 aliphatic heterocycles. The van der Waals surface area contributed by atoms with Crippen molar-refractivity contribution in [2.45, 2.75) is 39.5 Å². The third-order valence-electron chi connectivity index (χ3n) is 4.11. The SMILES string of the molecule is CCCC(CCO)CN=C(NCC)NCCc1nnc2ccccn12.I. The van der Waals surface area contributed by atoms with Crippen LogP contribution in [-0.4, -0.2) is 51.9 Å². The number of pyridine rings is 1. The highest BCUT2D eigenvalue weighted by atomic mass is 127. The summed E-state index contributed by atoms with van der Waals surface area (Å²) in [5, 5.41) is 24.2. The number of nitrogens with one attached hydrogen (secondary N) is 2. The van der Waals surface area contributed by atoms with E-state index in [-0.39, 0.29) is 30.6 Å². The number of nitrogens with zero attached hydrogens (tertiary/aromatic N) is 4. The Morgan fingerprint density at radius 3 is 2.81 bits per heavy atom. The van der Waals surface area contributed by atoms with Gasteiger partial charge in [0.2, 0.25) is 0 Å². The average Bonchev–Trinajstić information content (AvgIpc) is 3.03. The number of aromatic nitrogens is 3. The number of fused-ring (bicyclic) bond motifs is 1. The van der Waals surface area contributed by atoms with Gasteiger partial charge in [0.15, 0.2) is 11.6 Å². The molecule has 1 unspecified atom stereocenters. The summed E-state index contributed by atoms with van der Waals surface area (Å²) in [5.41, 5.74) is 0.865. The number of guanidine groups is 1. The van der Waals surface area contributed by atoms with Crippen LogP contribution in [0.4, 0.5) is 0 Å². The molecule has 2 rings (SSSR count). The van der Waals surface area contributed by atoms with Crippen LogP contribution in [0.5, 0.6) is 0 Å². The molecular weight excluding hydrogens is 443 g/mol. The van der Waals surface area contributed by atoms with Crippen molar-refractivity contribution in [3.63, 3.8) is 0 Å². The zero-order valence-corrected chi connectivity index (χ0v) is 18.0. The molecule has 0 aliphatic rings. The Balaban J connectivity index is 0.00000338. The van der Waals surface area contributed by atoms with Crippen LogP contribution in [0.3, 0.4) is 0 Å². The van der Waals surface area contributed by atoms with Crippen LogP contribution in [0.1, 0.15) is 38.9 Å². The third kappa shape index (κ3) is 7.06. The standard InChI is InChI=1S/C18H30N6O.HI/c1-3-7-15(10-13-25)14-21-18(19-4-2)20-11-9-17-23-22-16-8-5-6-12-24(16)17;/h5-6,8,12,15,25H,3-4,7,9-11,13-14H2,1-2H3,(H2,19,20,21);1H. The van der Waals surface area contributed by atoms with Gasteiger partial charge in [-0.1, -0.05) is 19.4 Å². The lowest BCUT2D eigenvalue weighted by atomic mass is 10.0. The van der Waals surface area contributed by atoms with Gasteiger partial charge in [-0.25, -0.2) is 0 Å². The van der Waals surface area contributed by atoms with Crippen molar-refractivity contribution >= 4 is 35.6 Å². The molecule has 7 nitrogen and oxygen atoms in total. The van der Waals surface area contributed by atoms with E-state index >= 15 is 0 Å². The summed E-state index contributed by atoms with van der Waals surface area (Å²) in [6.07, 6.45) is 5.76. The smallest absolute Gasteiger partial charge is 0.191 e. The highest BCUT2D eigenvalue weighted by Gasteiger charge is 2.08. The number of hydrogen-bond donors (Lipinski definition) is 3. The van der Waals surface area contributed by atoms with Gasteiger partial charge in [-0.15, -0.1) is 34.2 Å². The molecule has 0 aromatic carbocycles. The lowest BCUT2D eigenvalue weighted by Gasteiger charge is -2.15. The Kier molecular flexibility index (Phi) is 11.2. The molecular formula is C18H31IN6O. The van der Waals surface area contributed by atoms with Gasteiger partial charge in [-0.05, 0) is 37.8 Å². The normalized spacial score (nSPS) is 12.7. The molecule has 0 aliphatic carbocycles. The van der Waals surface area contributed by atoms with Crippen LogP contribution < -0.4 is 10.6 Å². The second-order valence-corrected chi connectivity index (χ2v) is 6.11. The minimum Gasteiger partial charge on any atom is -0.396 e. The maximum absolute atomic E-state index is 9.17. The van der Waals surface area contributed by atoms with E-state index in [0.717, 1.165) is 62.7 Å². The summed E-state index contributed by atoms with van der Waals surface area (Å²) in [5.74, 6) is 2.18. The molecule has 0 fully saturated rings. The molecule has 8 heteroatoms. The summed E-state index contributed by atoms with van der Waals surface area (Å²) in [6, 6.07) is 5.89. The molecule has 0 saturated carbocycles. The van der Waals surface area contributed by atoms with Gasteiger partial charge in [0.05, 0.1) is 0 Å². The zero-order chi connectivity index (χ0) is 17.9. The van der Waals surface area contributed by atoms with E-state index in [9.17, 15) is 5.11 Å². The van der Waals surface area contributed by atoms with Gasteiger partial charge in [-0.3, -0.25) is 9.39 Å². The third-order valence-corrected chi connectivity index (χ3v) is 4.11. The molecule has 2 heterocycles. The Hall–Kier alpha value is -1.42. The highest BCUT2D eigenvalue weighted by molar-refractivity contribution is 14.0. The van der Waals surface area contributed by atoms with Crippen molar-refractivity contribution < 1.29 is 5.11 Å². The molecule has 0 radical (unpaired) electrons. The van der Waals surface area contributed by atoms with Crippen molar-refractivity contribution in [2.24, 2.45) is 10.9 Å². The topological polar surface area (TPSA) is 86.8 Å². The predicted octanol–water partition coefficient (Wildman–Crippen LogP) is 2.24. The highest BCUT2D eigenvalue weighted by Crippen LogP contribution is 2.11. The van der Waals surface area contributed by atoms with Crippen molar-refractivity contribution in [3.05, 3.63) is 30.2 Å². The Morgan fingerprint density at radius 1 is 1.23 bits per heavy atom. The fourth-order valence-electron chi connectivity index (χ4n) is 2.83. The van der Waals surface area contributed by atoms with Crippen LogP contribution in [0.2, 0.25) is 0 Å². The van der Waals surface area contributed by atoms with Gasteiger partial charge in [0.1, 0.15) is 5.82 Å². The number of rotatable bonds is 10. The lowest BCUT2D eigenvalue weighted by molar-refractivity contribution is 0.253. The summed E-state index contributed by atoms with van der Waals surface area (Å²) in [6.45, 7) is 6.74. The van der Waals surface area contributed by atoms with Crippen LogP contribution in [-0.2, 0) is 6.42 Å². The monoisotopic (exact) mass is 474 g/mol. The van der Waals surface area contributed by atoms with Crippen molar-refractivity contribution in [1.29, 1.82) is 0 Å². The number of aliphatic imine (C=N–C) groups is 1. The average molecular weight is 474 g/mol. The molecule has 3 N–H and O–H groups in total.